The molecule has 0 radical (unpaired) electrons. The summed E-state index contributed by atoms with van der Waals surface area (Å²) >= 11 is 0. The van der Waals surface area contributed by atoms with Gasteiger partial charge in [-0.3, -0.25) is 4.79 Å². The molecule has 3 unspecified atom stereocenters. The van der Waals surface area contributed by atoms with Gasteiger partial charge in [-0.25, -0.2) is 4.39 Å². The molecule has 0 spiro atoms. The van der Waals surface area contributed by atoms with Crippen LogP contribution in [0.15, 0.2) is 12.1 Å². The number of nitrogens with zero attached hydrogens (tertiary/aromatic N) is 2. The first-order valence-corrected chi connectivity index (χ1v) is 9.05. The molecule has 4 aliphatic heterocycles. The Bertz CT molecular complexity index is 688. The van der Waals surface area contributed by atoms with Crippen molar-refractivity contribution in [2.75, 3.05) is 31.1 Å². The minimum Gasteiger partial charge on any atom is -0.365 e. The summed E-state index contributed by atoms with van der Waals surface area (Å²) < 4.78 is 14.4. The third-order valence-corrected chi connectivity index (χ3v) is 6.12. The number of carbonyl (C=O) groups excluding carboxylic acids is 1. The Labute approximate surface area is 141 Å². The zero-order valence-electron chi connectivity index (χ0n) is 13.7. The molecule has 4 aliphatic rings. The van der Waals surface area contributed by atoms with Crippen molar-refractivity contribution in [1.29, 1.82) is 0 Å². The summed E-state index contributed by atoms with van der Waals surface area (Å²) in [6.45, 7) is 4.32. The minimum absolute atomic E-state index is 0.125. The summed E-state index contributed by atoms with van der Waals surface area (Å²) in [5.41, 5.74) is 2.28. The smallest absolute Gasteiger partial charge is 0.257 e. The van der Waals surface area contributed by atoms with Crippen LogP contribution >= 0.6 is 0 Å². The highest BCUT2D eigenvalue weighted by atomic mass is 19.1. The van der Waals surface area contributed by atoms with Gasteiger partial charge in [0.25, 0.3) is 5.91 Å². The molecule has 5 nitrogen and oxygen atoms in total. The predicted octanol–water partition coefficient (Wildman–Crippen LogP) is 1.08. The van der Waals surface area contributed by atoms with Gasteiger partial charge in [0.2, 0.25) is 0 Å². The molecule has 0 aromatic heterocycles. The lowest BCUT2D eigenvalue weighted by Crippen LogP contribution is -2.46. The number of fused-ring (bicyclic) bond motifs is 3. The molecule has 5 rings (SSSR count). The average Bonchev–Trinajstić information content (AvgIpc) is 3.31. The zero-order chi connectivity index (χ0) is 16.3. The molecule has 2 N–H and O–H groups in total. The second kappa shape index (κ2) is 5.43. The molecule has 2 bridgehead atoms. The maximum atomic E-state index is 14.4. The fourth-order valence-electron chi connectivity index (χ4n) is 4.90. The predicted molar refractivity (Wildman–Crippen MR) is 89.7 cm³/mol. The van der Waals surface area contributed by atoms with Crippen LogP contribution in [0, 0.1) is 5.82 Å². The lowest BCUT2D eigenvalue weighted by Gasteiger charge is -2.32. The Balaban J connectivity index is 1.50. The Morgan fingerprint density at radius 1 is 1.17 bits per heavy atom. The van der Waals surface area contributed by atoms with Gasteiger partial charge in [0.1, 0.15) is 5.82 Å². The number of nitrogens with one attached hydrogen (secondary N) is 2. The van der Waals surface area contributed by atoms with E-state index >= 15 is 0 Å². The van der Waals surface area contributed by atoms with E-state index in [2.05, 4.69) is 15.5 Å². The van der Waals surface area contributed by atoms with Crippen LogP contribution in [0.2, 0.25) is 0 Å². The molecule has 1 aromatic rings. The second-order valence-corrected chi connectivity index (χ2v) is 7.50. The summed E-state index contributed by atoms with van der Waals surface area (Å²) in [6.07, 6.45) is 3.22. The summed E-state index contributed by atoms with van der Waals surface area (Å²) in [7, 11) is 0. The number of anilines is 1. The van der Waals surface area contributed by atoms with Gasteiger partial charge in [-0.2, -0.15) is 0 Å². The van der Waals surface area contributed by atoms with Gasteiger partial charge in [-0.1, -0.05) is 0 Å². The van der Waals surface area contributed by atoms with Crippen LogP contribution in [0.25, 0.3) is 0 Å². The van der Waals surface area contributed by atoms with Gasteiger partial charge in [-0.15, -0.1) is 0 Å². The Kier molecular flexibility index (Phi) is 3.31. The molecule has 0 aliphatic carbocycles. The molecule has 1 aromatic carbocycles. The van der Waals surface area contributed by atoms with Crippen LogP contribution in [0.5, 0.6) is 0 Å². The number of hydrogen-bond donors (Lipinski definition) is 2. The van der Waals surface area contributed by atoms with Gasteiger partial charge < -0.3 is 20.4 Å². The fraction of sp³-hybridized carbons (Fsp3) is 0.611. The van der Waals surface area contributed by atoms with Gasteiger partial charge in [-0.05, 0) is 37.9 Å². The lowest BCUT2D eigenvalue weighted by molar-refractivity contribution is 0.0671. The van der Waals surface area contributed by atoms with Crippen LogP contribution < -0.4 is 15.5 Å². The first kappa shape index (κ1) is 14.7. The molecule has 3 saturated heterocycles. The van der Waals surface area contributed by atoms with E-state index in [0.29, 0.717) is 24.2 Å². The topological polar surface area (TPSA) is 47.6 Å². The van der Waals surface area contributed by atoms with E-state index < -0.39 is 0 Å². The monoisotopic (exact) mass is 330 g/mol. The van der Waals surface area contributed by atoms with E-state index in [4.69, 9.17) is 0 Å². The van der Waals surface area contributed by atoms with Crippen LogP contribution in [0.1, 0.15) is 35.2 Å². The van der Waals surface area contributed by atoms with Crippen molar-refractivity contribution in [3.8, 4) is 0 Å². The fourth-order valence-corrected chi connectivity index (χ4v) is 4.90. The Hall–Kier alpha value is -1.66. The molecule has 128 valence electrons. The number of rotatable bonds is 2. The third-order valence-electron chi connectivity index (χ3n) is 6.12. The van der Waals surface area contributed by atoms with Crippen molar-refractivity contribution in [3.05, 3.63) is 29.1 Å². The quantitative estimate of drug-likeness (QED) is 0.852. The van der Waals surface area contributed by atoms with E-state index in [1.807, 2.05) is 11.0 Å². The van der Waals surface area contributed by atoms with E-state index in [0.717, 1.165) is 56.7 Å². The van der Waals surface area contributed by atoms with Gasteiger partial charge in [0, 0.05) is 55.6 Å². The molecule has 6 heteroatoms. The average molecular weight is 330 g/mol. The minimum atomic E-state index is -0.368. The van der Waals surface area contributed by atoms with E-state index in [1.165, 1.54) is 6.07 Å². The number of piperazine rings is 1. The SMILES string of the molecule is O=C1c2c(F)ccc(N3CC4CC3CN4)c2CN1C1CCCNC1. The largest absolute Gasteiger partial charge is 0.365 e. The lowest BCUT2D eigenvalue weighted by atomic mass is 10.1. The van der Waals surface area contributed by atoms with Crippen LogP contribution in [0.3, 0.4) is 0 Å². The highest BCUT2D eigenvalue weighted by Gasteiger charge is 2.42. The summed E-state index contributed by atoms with van der Waals surface area (Å²) in [4.78, 5) is 17.1. The van der Waals surface area contributed by atoms with Crippen molar-refractivity contribution < 1.29 is 9.18 Å². The maximum absolute atomic E-state index is 14.4. The summed E-state index contributed by atoms with van der Waals surface area (Å²) in [6, 6.07) is 4.55. The van der Waals surface area contributed by atoms with Gasteiger partial charge in [0.05, 0.1) is 5.56 Å². The Morgan fingerprint density at radius 3 is 2.79 bits per heavy atom. The third kappa shape index (κ3) is 2.09. The number of hydrogen-bond acceptors (Lipinski definition) is 4. The number of halogens is 1. The van der Waals surface area contributed by atoms with Crippen molar-refractivity contribution in [2.45, 2.75) is 43.9 Å². The van der Waals surface area contributed by atoms with Crippen LogP contribution in [-0.2, 0) is 6.54 Å². The molecule has 0 saturated carbocycles. The second-order valence-electron chi connectivity index (χ2n) is 7.50. The first-order chi connectivity index (χ1) is 11.7. The zero-order valence-corrected chi connectivity index (χ0v) is 13.7. The van der Waals surface area contributed by atoms with Crippen molar-refractivity contribution >= 4 is 11.6 Å². The van der Waals surface area contributed by atoms with E-state index in [9.17, 15) is 9.18 Å². The van der Waals surface area contributed by atoms with Crippen molar-refractivity contribution in [2.24, 2.45) is 0 Å². The van der Waals surface area contributed by atoms with Gasteiger partial charge >= 0.3 is 0 Å². The van der Waals surface area contributed by atoms with Crippen LogP contribution in [0.4, 0.5) is 10.1 Å². The number of benzene rings is 1. The number of piperidine rings is 1. The maximum Gasteiger partial charge on any atom is 0.257 e. The standard InChI is InChI=1S/C18H23FN4O/c19-15-3-4-16(22-9-11-6-13(22)8-21-11)14-10-23(18(24)17(14)15)12-2-1-5-20-7-12/h3-4,11-13,20-21H,1-2,5-10H2. The molecule has 3 fully saturated rings. The summed E-state index contributed by atoms with van der Waals surface area (Å²) in [5, 5.41) is 6.86. The van der Waals surface area contributed by atoms with E-state index in [-0.39, 0.29) is 17.8 Å². The van der Waals surface area contributed by atoms with Gasteiger partial charge in [0.15, 0.2) is 0 Å². The highest BCUT2D eigenvalue weighted by Crippen LogP contribution is 2.39. The first-order valence-electron chi connectivity index (χ1n) is 9.05. The van der Waals surface area contributed by atoms with Crippen LogP contribution in [-0.4, -0.2) is 55.1 Å². The molecule has 3 atom stereocenters. The van der Waals surface area contributed by atoms with E-state index in [1.54, 1.807) is 0 Å². The molecule has 1 amide bonds. The number of amides is 1. The number of carbonyl (C=O) groups is 1. The van der Waals surface area contributed by atoms with Crippen molar-refractivity contribution in [3.63, 3.8) is 0 Å². The molecule has 4 heterocycles. The molecular weight excluding hydrogens is 307 g/mol. The van der Waals surface area contributed by atoms with Crippen molar-refractivity contribution in [1.82, 2.24) is 15.5 Å². The molecular formula is C18H23FN4O. The summed E-state index contributed by atoms with van der Waals surface area (Å²) in [5.74, 6) is -0.493. The normalized spacial score (nSPS) is 31.9. The Morgan fingerprint density at radius 2 is 2.08 bits per heavy atom. The highest BCUT2D eigenvalue weighted by molar-refractivity contribution is 6.00. The molecule has 24 heavy (non-hydrogen) atoms.